The largest absolute Gasteiger partial charge is 0.311 e. The van der Waals surface area contributed by atoms with Crippen LogP contribution in [0.3, 0.4) is 0 Å². The third-order valence-corrected chi connectivity index (χ3v) is 5.08. The molecule has 1 unspecified atom stereocenters. The summed E-state index contributed by atoms with van der Waals surface area (Å²) in [7, 11) is 1.74. The Bertz CT molecular complexity index is 941. The average Bonchev–Trinajstić information content (AvgIpc) is 3.09. The Kier molecular flexibility index (Phi) is 3.34. The number of hydrogen-bond acceptors (Lipinski definition) is 5. The Morgan fingerprint density at radius 2 is 2.21 bits per heavy atom. The van der Waals surface area contributed by atoms with Crippen LogP contribution in [-0.4, -0.2) is 26.6 Å². The molecule has 0 spiro atoms. The quantitative estimate of drug-likeness (QED) is 0.750. The zero-order valence-electron chi connectivity index (χ0n) is 13.2. The number of aromatic nitrogens is 3. The standard InChI is InChI=1S/C16H15N5O2S/c1-8-7-11(22)18-14-12(8)13(20-21(14)2)19-15(23)16-17-9-5-3-4-6-10(9)24-16/h3-6,8H,7H2,1-2H3,(H,18,22)(H,19,20,23). The Balaban J connectivity index is 1.67. The van der Waals surface area contributed by atoms with Gasteiger partial charge in [-0.25, -0.2) is 4.98 Å². The molecule has 122 valence electrons. The molecule has 3 heterocycles. The number of rotatable bonds is 2. The number of fused-ring (bicyclic) bond motifs is 2. The highest BCUT2D eigenvalue weighted by Gasteiger charge is 2.30. The van der Waals surface area contributed by atoms with E-state index in [0.717, 1.165) is 15.8 Å². The molecule has 7 nitrogen and oxygen atoms in total. The molecule has 0 saturated heterocycles. The summed E-state index contributed by atoms with van der Waals surface area (Å²) in [5.74, 6) is 0.777. The summed E-state index contributed by atoms with van der Waals surface area (Å²) in [4.78, 5) is 28.6. The second kappa shape index (κ2) is 5.41. The molecule has 4 rings (SSSR count). The fraction of sp³-hybridized carbons (Fsp3) is 0.250. The van der Waals surface area contributed by atoms with Gasteiger partial charge in [-0.15, -0.1) is 11.3 Å². The number of amides is 2. The molecule has 1 aromatic carbocycles. The van der Waals surface area contributed by atoms with Crippen LogP contribution >= 0.6 is 11.3 Å². The van der Waals surface area contributed by atoms with Gasteiger partial charge < -0.3 is 10.6 Å². The van der Waals surface area contributed by atoms with E-state index >= 15 is 0 Å². The number of nitrogens with one attached hydrogen (secondary N) is 2. The van der Waals surface area contributed by atoms with Crippen LogP contribution in [0.15, 0.2) is 24.3 Å². The highest BCUT2D eigenvalue weighted by atomic mass is 32.1. The summed E-state index contributed by atoms with van der Waals surface area (Å²) in [5, 5.41) is 10.4. The van der Waals surface area contributed by atoms with Crippen molar-refractivity contribution in [2.24, 2.45) is 7.05 Å². The topological polar surface area (TPSA) is 88.9 Å². The molecule has 1 aliphatic heterocycles. The third-order valence-electron chi connectivity index (χ3n) is 4.05. The molecule has 0 saturated carbocycles. The van der Waals surface area contributed by atoms with E-state index in [4.69, 9.17) is 0 Å². The number of benzene rings is 1. The van der Waals surface area contributed by atoms with E-state index in [-0.39, 0.29) is 17.7 Å². The van der Waals surface area contributed by atoms with Crippen LogP contribution in [0.4, 0.5) is 11.6 Å². The van der Waals surface area contributed by atoms with Crippen LogP contribution in [0.1, 0.15) is 34.6 Å². The molecule has 0 aliphatic carbocycles. The molecule has 1 aliphatic rings. The van der Waals surface area contributed by atoms with Crippen LogP contribution in [0, 0.1) is 0 Å². The minimum atomic E-state index is -0.291. The van der Waals surface area contributed by atoms with Crippen molar-refractivity contribution < 1.29 is 9.59 Å². The molecule has 8 heteroatoms. The van der Waals surface area contributed by atoms with Crippen molar-refractivity contribution in [1.82, 2.24) is 14.8 Å². The van der Waals surface area contributed by atoms with Crippen LogP contribution in [-0.2, 0) is 11.8 Å². The highest BCUT2D eigenvalue weighted by Crippen LogP contribution is 2.37. The number of anilines is 2. The van der Waals surface area contributed by atoms with E-state index in [1.54, 1.807) is 11.7 Å². The molecule has 2 N–H and O–H groups in total. The first-order valence-corrected chi connectivity index (χ1v) is 8.38. The first-order chi connectivity index (χ1) is 11.5. The molecule has 24 heavy (non-hydrogen) atoms. The van der Waals surface area contributed by atoms with Gasteiger partial charge in [0.2, 0.25) is 5.91 Å². The number of carbonyl (C=O) groups excluding carboxylic acids is 2. The minimum Gasteiger partial charge on any atom is -0.311 e. The molecule has 1 atom stereocenters. The number of thiazole rings is 1. The first kappa shape index (κ1) is 14.8. The van der Waals surface area contributed by atoms with Crippen molar-refractivity contribution in [2.45, 2.75) is 19.3 Å². The lowest BCUT2D eigenvalue weighted by molar-refractivity contribution is -0.116. The van der Waals surface area contributed by atoms with Crippen molar-refractivity contribution in [3.05, 3.63) is 34.8 Å². The molecule has 0 radical (unpaired) electrons. The van der Waals surface area contributed by atoms with Gasteiger partial charge in [-0.1, -0.05) is 19.1 Å². The highest BCUT2D eigenvalue weighted by molar-refractivity contribution is 7.20. The zero-order valence-corrected chi connectivity index (χ0v) is 14.0. The first-order valence-electron chi connectivity index (χ1n) is 7.56. The summed E-state index contributed by atoms with van der Waals surface area (Å²) in [6.45, 7) is 1.95. The lowest BCUT2D eigenvalue weighted by Gasteiger charge is -2.20. The predicted molar refractivity (Wildman–Crippen MR) is 92.4 cm³/mol. The fourth-order valence-electron chi connectivity index (χ4n) is 2.94. The lowest BCUT2D eigenvalue weighted by Crippen LogP contribution is -2.23. The van der Waals surface area contributed by atoms with E-state index in [1.165, 1.54) is 11.3 Å². The van der Waals surface area contributed by atoms with Crippen molar-refractivity contribution in [3.63, 3.8) is 0 Å². The van der Waals surface area contributed by atoms with Gasteiger partial charge in [0.25, 0.3) is 5.91 Å². The van der Waals surface area contributed by atoms with Crippen LogP contribution < -0.4 is 10.6 Å². The molecule has 2 amide bonds. The van der Waals surface area contributed by atoms with Crippen LogP contribution in [0.5, 0.6) is 0 Å². The van der Waals surface area contributed by atoms with Gasteiger partial charge in [-0.2, -0.15) is 5.10 Å². The second-order valence-electron chi connectivity index (χ2n) is 5.83. The van der Waals surface area contributed by atoms with Gasteiger partial charge in [0.1, 0.15) is 5.82 Å². The molecular weight excluding hydrogens is 326 g/mol. The molecule has 0 bridgehead atoms. The van der Waals surface area contributed by atoms with Crippen molar-refractivity contribution in [3.8, 4) is 0 Å². The van der Waals surface area contributed by atoms with Gasteiger partial charge in [-0.05, 0) is 18.1 Å². The summed E-state index contributed by atoms with van der Waals surface area (Å²) < 4.78 is 2.54. The predicted octanol–water partition coefficient (Wildman–Crippen LogP) is 2.73. The number of para-hydroxylation sites is 1. The van der Waals surface area contributed by atoms with E-state index < -0.39 is 0 Å². The Labute approximate surface area is 141 Å². The zero-order chi connectivity index (χ0) is 16.8. The maximum atomic E-state index is 12.5. The summed E-state index contributed by atoms with van der Waals surface area (Å²) in [6, 6.07) is 7.62. The van der Waals surface area contributed by atoms with E-state index in [0.29, 0.717) is 23.1 Å². The van der Waals surface area contributed by atoms with E-state index in [1.807, 2.05) is 31.2 Å². The van der Waals surface area contributed by atoms with Crippen molar-refractivity contribution in [1.29, 1.82) is 0 Å². The Hall–Kier alpha value is -2.74. The summed E-state index contributed by atoms with van der Waals surface area (Å²) >= 11 is 1.34. The second-order valence-corrected chi connectivity index (χ2v) is 6.86. The summed E-state index contributed by atoms with van der Waals surface area (Å²) in [6.07, 6.45) is 0.378. The third kappa shape index (κ3) is 2.35. The average molecular weight is 341 g/mol. The van der Waals surface area contributed by atoms with Gasteiger partial charge in [0.05, 0.1) is 10.2 Å². The monoisotopic (exact) mass is 341 g/mol. The number of hydrogen-bond donors (Lipinski definition) is 2. The summed E-state index contributed by atoms with van der Waals surface area (Å²) in [5.41, 5.74) is 1.66. The van der Waals surface area contributed by atoms with Crippen molar-refractivity contribution in [2.75, 3.05) is 10.6 Å². The van der Waals surface area contributed by atoms with Gasteiger partial charge in [0.15, 0.2) is 10.8 Å². The van der Waals surface area contributed by atoms with Crippen LogP contribution in [0.2, 0.25) is 0 Å². The number of nitrogens with zero attached hydrogens (tertiary/aromatic N) is 3. The normalized spacial score (nSPS) is 16.8. The molecular formula is C16H15N5O2S. The van der Waals surface area contributed by atoms with E-state index in [2.05, 4.69) is 20.7 Å². The lowest BCUT2D eigenvalue weighted by atomic mass is 9.95. The number of carbonyl (C=O) groups is 2. The minimum absolute atomic E-state index is 0.00637. The van der Waals surface area contributed by atoms with Gasteiger partial charge in [-0.3, -0.25) is 14.3 Å². The Morgan fingerprint density at radius 1 is 1.42 bits per heavy atom. The fourth-order valence-corrected chi connectivity index (χ4v) is 3.80. The smallest absolute Gasteiger partial charge is 0.285 e. The van der Waals surface area contributed by atoms with Crippen LogP contribution in [0.25, 0.3) is 10.2 Å². The molecule has 3 aromatic rings. The van der Waals surface area contributed by atoms with Gasteiger partial charge >= 0.3 is 0 Å². The number of aryl methyl sites for hydroxylation is 1. The van der Waals surface area contributed by atoms with Gasteiger partial charge in [0, 0.05) is 19.0 Å². The Morgan fingerprint density at radius 3 is 3.00 bits per heavy atom. The van der Waals surface area contributed by atoms with Crippen molar-refractivity contribution >= 4 is 45.0 Å². The van der Waals surface area contributed by atoms with E-state index in [9.17, 15) is 9.59 Å². The molecule has 2 aromatic heterocycles. The SMILES string of the molecule is CC1CC(=O)Nc2c1c(NC(=O)c1nc3ccccc3s1)nn2C. The maximum absolute atomic E-state index is 12.5. The molecule has 0 fully saturated rings. The maximum Gasteiger partial charge on any atom is 0.285 e.